The first kappa shape index (κ1) is 14.7. The number of amides is 1. The molecule has 0 radical (unpaired) electrons. The molecule has 0 spiro atoms. The molecule has 120 valence electrons. The van der Waals surface area contributed by atoms with Crippen molar-refractivity contribution in [2.45, 2.75) is 50.3 Å². The molecule has 1 amide bonds. The Morgan fingerprint density at radius 1 is 1.36 bits per heavy atom. The molecule has 3 atom stereocenters. The topological polar surface area (TPSA) is 41.6 Å². The lowest BCUT2D eigenvalue weighted by Gasteiger charge is -2.35. The molecule has 1 aromatic rings. The Labute approximate surface area is 135 Å². The number of piperidine rings is 1. The highest BCUT2D eigenvalue weighted by Crippen LogP contribution is 2.33. The second-order valence-corrected chi connectivity index (χ2v) is 7.87. The van der Waals surface area contributed by atoms with Crippen molar-refractivity contribution >= 4 is 17.2 Å². The van der Waals surface area contributed by atoms with Gasteiger partial charge in [-0.15, -0.1) is 11.3 Å². The summed E-state index contributed by atoms with van der Waals surface area (Å²) in [6.07, 6.45) is 5.76. The van der Waals surface area contributed by atoms with E-state index in [-0.39, 0.29) is 6.10 Å². The first-order chi connectivity index (χ1) is 10.8. The summed E-state index contributed by atoms with van der Waals surface area (Å²) in [4.78, 5) is 15.9. The zero-order valence-corrected chi connectivity index (χ0v) is 13.7. The quantitative estimate of drug-likeness (QED) is 0.931. The van der Waals surface area contributed by atoms with E-state index in [2.05, 4.69) is 22.8 Å². The van der Waals surface area contributed by atoms with Crippen LogP contribution in [-0.4, -0.2) is 42.6 Å². The third-order valence-electron chi connectivity index (χ3n) is 5.31. The van der Waals surface area contributed by atoms with Gasteiger partial charge in [0.1, 0.15) is 6.10 Å². The Kier molecular flexibility index (Phi) is 4.20. The molecule has 0 saturated carbocycles. The number of nitrogens with zero attached hydrogens (tertiary/aromatic N) is 1. The molecule has 3 saturated heterocycles. The highest BCUT2D eigenvalue weighted by Gasteiger charge is 2.35. The van der Waals surface area contributed by atoms with Crippen LogP contribution in [0.4, 0.5) is 0 Å². The van der Waals surface area contributed by atoms with Gasteiger partial charge in [0.25, 0.3) is 0 Å². The van der Waals surface area contributed by atoms with Gasteiger partial charge in [-0.05, 0) is 43.0 Å². The average Bonchev–Trinajstić information content (AvgIpc) is 3.17. The Bertz CT molecular complexity index is 507. The molecule has 4 nitrogen and oxygen atoms in total. The predicted molar refractivity (Wildman–Crippen MR) is 86.9 cm³/mol. The van der Waals surface area contributed by atoms with Crippen molar-refractivity contribution in [1.82, 2.24) is 10.2 Å². The molecule has 1 N–H and O–H groups in total. The van der Waals surface area contributed by atoms with Crippen molar-refractivity contribution in [3.63, 3.8) is 0 Å². The van der Waals surface area contributed by atoms with Gasteiger partial charge in [-0.1, -0.05) is 6.07 Å². The Hall–Kier alpha value is -0.910. The van der Waals surface area contributed by atoms with Crippen molar-refractivity contribution in [2.24, 2.45) is 5.92 Å². The maximum Gasteiger partial charge on any atom is 0.223 e. The number of thiophene rings is 1. The molecule has 0 aromatic carbocycles. The highest BCUT2D eigenvalue weighted by molar-refractivity contribution is 7.10. The number of nitrogens with one attached hydrogen (secondary N) is 1. The van der Waals surface area contributed by atoms with Crippen LogP contribution in [0.25, 0.3) is 0 Å². The summed E-state index contributed by atoms with van der Waals surface area (Å²) in [7, 11) is 0. The van der Waals surface area contributed by atoms with Crippen molar-refractivity contribution in [1.29, 1.82) is 0 Å². The van der Waals surface area contributed by atoms with Crippen molar-refractivity contribution in [3.05, 3.63) is 22.4 Å². The minimum atomic E-state index is 0.0712. The summed E-state index contributed by atoms with van der Waals surface area (Å²) in [5, 5.41) is 5.73. The van der Waals surface area contributed by atoms with E-state index in [1.165, 1.54) is 30.6 Å². The van der Waals surface area contributed by atoms with Crippen LogP contribution in [0.1, 0.15) is 43.1 Å². The standard InChI is InChI=1S/C17H24N2O2S/c20-17(10-12-8-13-3-4-14(9-12)18-13)19-5-6-21-15(11-19)16-2-1-7-22-16/h1-2,7,12-15,18H,3-6,8-11H2. The van der Waals surface area contributed by atoms with E-state index in [1.807, 2.05) is 4.90 Å². The number of morpholine rings is 1. The summed E-state index contributed by atoms with van der Waals surface area (Å²) in [5.74, 6) is 0.908. The molecular weight excluding hydrogens is 296 g/mol. The molecule has 3 aliphatic heterocycles. The zero-order chi connectivity index (χ0) is 14.9. The summed E-state index contributed by atoms with van der Waals surface area (Å²) >= 11 is 1.72. The van der Waals surface area contributed by atoms with E-state index in [1.54, 1.807) is 11.3 Å². The number of carbonyl (C=O) groups excluding carboxylic acids is 1. The fourth-order valence-corrected chi connectivity index (χ4v) is 5.01. The zero-order valence-electron chi connectivity index (χ0n) is 12.9. The fourth-order valence-electron chi connectivity index (χ4n) is 4.24. The van der Waals surface area contributed by atoms with Crippen molar-refractivity contribution in [2.75, 3.05) is 19.7 Å². The van der Waals surface area contributed by atoms with Gasteiger partial charge in [-0.3, -0.25) is 4.79 Å². The van der Waals surface area contributed by atoms with E-state index in [0.29, 0.717) is 30.5 Å². The van der Waals surface area contributed by atoms with E-state index in [4.69, 9.17) is 4.74 Å². The van der Waals surface area contributed by atoms with E-state index < -0.39 is 0 Å². The van der Waals surface area contributed by atoms with Crippen molar-refractivity contribution < 1.29 is 9.53 Å². The van der Waals surface area contributed by atoms with Crippen LogP contribution in [0, 0.1) is 5.92 Å². The third kappa shape index (κ3) is 3.07. The second-order valence-electron chi connectivity index (χ2n) is 6.89. The van der Waals surface area contributed by atoms with Crippen LogP contribution in [-0.2, 0) is 9.53 Å². The summed E-state index contributed by atoms with van der Waals surface area (Å²) in [5.41, 5.74) is 0. The highest BCUT2D eigenvalue weighted by atomic mass is 32.1. The minimum Gasteiger partial charge on any atom is -0.369 e. The minimum absolute atomic E-state index is 0.0712. The monoisotopic (exact) mass is 320 g/mol. The van der Waals surface area contributed by atoms with Crippen LogP contribution in [0.2, 0.25) is 0 Å². The lowest BCUT2D eigenvalue weighted by atomic mass is 9.89. The summed E-state index contributed by atoms with van der Waals surface area (Å²) in [6.45, 7) is 2.13. The van der Waals surface area contributed by atoms with Gasteiger partial charge in [-0.25, -0.2) is 0 Å². The smallest absolute Gasteiger partial charge is 0.223 e. The molecule has 4 heterocycles. The van der Waals surface area contributed by atoms with Crippen LogP contribution in [0.15, 0.2) is 17.5 Å². The lowest BCUT2D eigenvalue weighted by molar-refractivity contribution is -0.140. The largest absolute Gasteiger partial charge is 0.369 e. The number of rotatable bonds is 3. The number of carbonyl (C=O) groups is 1. The maximum absolute atomic E-state index is 12.7. The molecule has 3 fully saturated rings. The van der Waals surface area contributed by atoms with Crippen LogP contribution in [0.3, 0.4) is 0 Å². The Morgan fingerprint density at radius 3 is 2.91 bits per heavy atom. The van der Waals surface area contributed by atoms with Crippen molar-refractivity contribution in [3.8, 4) is 0 Å². The summed E-state index contributed by atoms with van der Waals surface area (Å²) < 4.78 is 5.84. The number of hydrogen-bond acceptors (Lipinski definition) is 4. The van der Waals surface area contributed by atoms with Gasteiger partial charge in [0.2, 0.25) is 5.91 Å². The SMILES string of the molecule is O=C(CC1CC2CCC(C1)N2)N1CCOC(c2cccs2)C1. The number of hydrogen-bond donors (Lipinski definition) is 1. The fraction of sp³-hybridized carbons (Fsp3) is 0.706. The first-order valence-electron chi connectivity index (χ1n) is 8.47. The lowest BCUT2D eigenvalue weighted by Crippen LogP contribution is -2.44. The van der Waals surface area contributed by atoms with Gasteiger partial charge in [-0.2, -0.15) is 0 Å². The van der Waals surface area contributed by atoms with Crippen LogP contribution < -0.4 is 5.32 Å². The van der Waals surface area contributed by atoms with Gasteiger partial charge < -0.3 is 15.0 Å². The maximum atomic E-state index is 12.7. The van der Waals surface area contributed by atoms with Crippen LogP contribution >= 0.6 is 11.3 Å². The third-order valence-corrected chi connectivity index (χ3v) is 6.28. The molecule has 5 heteroatoms. The number of fused-ring (bicyclic) bond motifs is 2. The molecular formula is C17H24N2O2S. The normalized spacial score (nSPS) is 34.8. The van der Waals surface area contributed by atoms with Gasteiger partial charge in [0.05, 0.1) is 13.2 Å². The Morgan fingerprint density at radius 2 is 2.18 bits per heavy atom. The Balaban J connectivity index is 1.34. The van der Waals surface area contributed by atoms with E-state index in [0.717, 1.165) is 19.5 Å². The van der Waals surface area contributed by atoms with Gasteiger partial charge in [0, 0.05) is 29.9 Å². The van der Waals surface area contributed by atoms with Gasteiger partial charge >= 0.3 is 0 Å². The number of ether oxygens (including phenoxy) is 1. The van der Waals surface area contributed by atoms with Gasteiger partial charge in [0.15, 0.2) is 0 Å². The average molecular weight is 320 g/mol. The van der Waals surface area contributed by atoms with E-state index in [9.17, 15) is 4.79 Å². The molecule has 4 rings (SSSR count). The predicted octanol–water partition coefficient (Wildman–Crippen LogP) is 2.57. The molecule has 1 aromatic heterocycles. The molecule has 22 heavy (non-hydrogen) atoms. The van der Waals surface area contributed by atoms with E-state index >= 15 is 0 Å². The molecule has 3 unspecified atom stereocenters. The molecule has 0 aliphatic carbocycles. The molecule has 2 bridgehead atoms. The second kappa shape index (κ2) is 6.30. The first-order valence-corrected chi connectivity index (χ1v) is 9.34. The molecule has 3 aliphatic rings. The summed E-state index contributed by atoms with van der Waals surface area (Å²) in [6, 6.07) is 5.49. The van der Waals surface area contributed by atoms with Crippen LogP contribution in [0.5, 0.6) is 0 Å².